The second-order valence-corrected chi connectivity index (χ2v) is 4.33. The van der Waals surface area contributed by atoms with Crippen molar-refractivity contribution in [1.82, 2.24) is 4.90 Å². The predicted molar refractivity (Wildman–Crippen MR) is 64.9 cm³/mol. The van der Waals surface area contributed by atoms with Crippen molar-refractivity contribution in [1.29, 1.82) is 0 Å². The second kappa shape index (κ2) is 3.99. The molecule has 94 valence electrons. The van der Waals surface area contributed by atoms with Gasteiger partial charge < -0.3 is 20.5 Å². The number of rotatable bonds is 1. The molecule has 0 bridgehead atoms. The van der Waals surface area contributed by atoms with E-state index in [0.717, 1.165) is 11.3 Å². The fourth-order valence-corrected chi connectivity index (χ4v) is 2.38. The summed E-state index contributed by atoms with van der Waals surface area (Å²) in [5.74, 6) is -0.470. The Morgan fingerprint density at radius 1 is 1.56 bits per heavy atom. The summed E-state index contributed by atoms with van der Waals surface area (Å²) in [6.07, 6.45) is 0. The quantitative estimate of drug-likeness (QED) is 0.763. The third-order valence-corrected chi connectivity index (χ3v) is 3.29. The van der Waals surface area contributed by atoms with E-state index in [1.807, 2.05) is 4.90 Å². The van der Waals surface area contributed by atoms with Crippen LogP contribution < -0.4 is 5.73 Å². The minimum Gasteiger partial charge on any atom is -0.478 e. The molecule has 0 aliphatic carbocycles. The van der Waals surface area contributed by atoms with Crippen LogP contribution in [0.3, 0.4) is 0 Å². The van der Waals surface area contributed by atoms with Crippen molar-refractivity contribution in [3.8, 4) is 0 Å². The van der Waals surface area contributed by atoms with Crippen molar-refractivity contribution in [3.63, 3.8) is 0 Å². The predicted octanol–water partition coefficient (Wildman–Crippen LogP) is 0.718. The molecule has 1 saturated heterocycles. The van der Waals surface area contributed by atoms with Gasteiger partial charge in [0.05, 0.1) is 30.5 Å². The number of aromatic carboxylic acids is 1. The molecule has 3 N–H and O–H groups in total. The van der Waals surface area contributed by atoms with E-state index in [1.165, 1.54) is 6.07 Å². The Kier molecular flexibility index (Phi) is 2.45. The summed E-state index contributed by atoms with van der Waals surface area (Å²) in [6.45, 7) is 1.80. The molecule has 0 amide bonds. The van der Waals surface area contributed by atoms with Gasteiger partial charge in [-0.3, -0.25) is 0 Å². The fourth-order valence-electron chi connectivity index (χ4n) is 2.38. The van der Waals surface area contributed by atoms with Crippen LogP contribution in [0.5, 0.6) is 0 Å². The molecule has 2 aliphatic rings. The first-order chi connectivity index (χ1) is 8.66. The van der Waals surface area contributed by atoms with Gasteiger partial charge in [0.15, 0.2) is 5.96 Å². The van der Waals surface area contributed by atoms with E-state index in [0.29, 0.717) is 25.7 Å². The highest BCUT2D eigenvalue weighted by Gasteiger charge is 2.31. The van der Waals surface area contributed by atoms with Crippen LogP contribution in [-0.2, 0) is 4.74 Å². The van der Waals surface area contributed by atoms with E-state index in [2.05, 4.69) is 4.99 Å². The molecule has 6 nitrogen and oxygen atoms in total. The number of nitrogens with two attached hydrogens (primary N) is 1. The lowest BCUT2D eigenvalue weighted by atomic mass is 9.98. The number of hydrogen-bond donors (Lipinski definition) is 2. The summed E-state index contributed by atoms with van der Waals surface area (Å²) in [7, 11) is 0. The number of aliphatic imine (C=N–C) groups is 1. The van der Waals surface area contributed by atoms with E-state index in [9.17, 15) is 4.79 Å². The van der Waals surface area contributed by atoms with Crippen LogP contribution in [0.25, 0.3) is 0 Å². The van der Waals surface area contributed by atoms with Crippen LogP contribution in [0.1, 0.15) is 22.0 Å². The molecule has 2 heterocycles. The van der Waals surface area contributed by atoms with Crippen LogP contribution in [-0.4, -0.2) is 41.7 Å². The Balaban J connectivity index is 2.10. The number of guanidine groups is 1. The van der Waals surface area contributed by atoms with Gasteiger partial charge in [0.2, 0.25) is 0 Å². The molecule has 0 radical (unpaired) electrons. The first-order valence-corrected chi connectivity index (χ1v) is 5.72. The summed E-state index contributed by atoms with van der Waals surface area (Å²) in [5.41, 5.74) is 7.76. The fraction of sp³-hybridized carbons (Fsp3) is 0.333. The van der Waals surface area contributed by atoms with Gasteiger partial charge in [-0.15, -0.1) is 0 Å². The highest BCUT2D eigenvalue weighted by molar-refractivity contribution is 5.90. The van der Waals surface area contributed by atoms with Gasteiger partial charge in [-0.2, -0.15) is 0 Å². The first-order valence-electron chi connectivity index (χ1n) is 5.72. The van der Waals surface area contributed by atoms with Crippen molar-refractivity contribution in [2.24, 2.45) is 10.7 Å². The molecule has 0 unspecified atom stereocenters. The van der Waals surface area contributed by atoms with E-state index < -0.39 is 5.97 Å². The number of benzene rings is 1. The lowest BCUT2D eigenvalue weighted by Crippen LogP contribution is -2.48. The third-order valence-electron chi connectivity index (χ3n) is 3.29. The number of carbonyl (C=O) groups is 1. The minimum absolute atomic E-state index is 0.0365. The van der Waals surface area contributed by atoms with E-state index in [-0.39, 0.29) is 11.6 Å². The maximum atomic E-state index is 11.0. The number of morpholine rings is 1. The Labute approximate surface area is 104 Å². The smallest absolute Gasteiger partial charge is 0.335 e. The number of nitrogens with zero attached hydrogens (tertiary/aromatic N) is 2. The highest BCUT2D eigenvalue weighted by Crippen LogP contribution is 2.36. The second-order valence-electron chi connectivity index (χ2n) is 4.33. The molecule has 0 spiro atoms. The number of carboxylic acid groups (broad SMARTS) is 1. The van der Waals surface area contributed by atoms with Crippen LogP contribution in [0.4, 0.5) is 5.69 Å². The molecule has 3 rings (SSSR count). The van der Waals surface area contributed by atoms with Crippen LogP contribution >= 0.6 is 0 Å². The van der Waals surface area contributed by atoms with Gasteiger partial charge >= 0.3 is 5.97 Å². The van der Waals surface area contributed by atoms with Gasteiger partial charge in [0, 0.05) is 12.1 Å². The van der Waals surface area contributed by atoms with E-state index in [4.69, 9.17) is 15.6 Å². The zero-order valence-electron chi connectivity index (χ0n) is 9.67. The zero-order chi connectivity index (χ0) is 12.7. The number of ether oxygens (including phenoxy) is 1. The highest BCUT2D eigenvalue weighted by atomic mass is 16.5. The molecule has 2 aliphatic heterocycles. The average Bonchev–Trinajstić information content (AvgIpc) is 2.38. The van der Waals surface area contributed by atoms with E-state index >= 15 is 0 Å². The summed E-state index contributed by atoms with van der Waals surface area (Å²) < 4.78 is 5.44. The first kappa shape index (κ1) is 11.0. The van der Waals surface area contributed by atoms with Gasteiger partial charge in [0.1, 0.15) is 0 Å². The van der Waals surface area contributed by atoms with E-state index in [1.54, 1.807) is 12.1 Å². The average molecular weight is 247 g/mol. The van der Waals surface area contributed by atoms with Gasteiger partial charge in [-0.05, 0) is 18.2 Å². The molecule has 0 aromatic heterocycles. The monoisotopic (exact) mass is 247 g/mol. The SMILES string of the molecule is NC1=Nc2ccc(C(=O)O)cc2[C@@H]2COCCN12. The molecule has 1 atom stereocenters. The van der Waals surface area contributed by atoms with Gasteiger partial charge in [0.25, 0.3) is 0 Å². The summed E-state index contributed by atoms with van der Waals surface area (Å²) in [6, 6.07) is 4.85. The molecule has 1 aromatic rings. The van der Waals surface area contributed by atoms with Crippen LogP contribution in [0.2, 0.25) is 0 Å². The number of hydrogen-bond acceptors (Lipinski definition) is 5. The maximum Gasteiger partial charge on any atom is 0.335 e. The third kappa shape index (κ3) is 1.62. The number of fused-ring (bicyclic) bond motifs is 3. The largest absolute Gasteiger partial charge is 0.478 e. The molecule has 18 heavy (non-hydrogen) atoms. The van der Waals surface area contributed by atoms with Crippen molar-refractivity contribution >= 4 is 17.6 Å². The molecular formula is C12H13N3O3. The van der Waals surface area contributed by atoms with Crippen molar-refractivity contribution in [2.75, 3.05) is 19.8 Å². The summed E-state index contributed by atoms with van der Waals surface area (Å²) >= 11 is 0. The minimum atomic E-state index is -0.941. The van der Waals surface area contributed by atoms with Gasteiger partial charge in [-0.25, -0.2) is 9.79 Å². The van der Waals surface area contributed by atoms with Gasteiger partial charge in [-0.1, -0.05) is 0 Å². The molecule has 1 fully saturated rings. The normalized spacial score (nSPS) is 21.9. The van der Waals surface area contributed by atoms with Crippen molar-refractivity contribution in [2.45, 2.75) is 6.04 Å². The van der Waals surface area contributed by atoms with Crippen molar-refractivity contribution < 1.29 is 14.6 Å². The zero-order valence-corrected chi connectivity index (χ0v) is 9.67. The molecule has 6 heteroatoms. The van der Waals surface area contributed by atoms with Crippen molar-refractivity contribution in [3.05, 3.63) is 29.3 Å². The summed E-state index contributed by atoms with van der Waals surface area (Å²) in [5, 5.41) is 9.03. The standard InChI is InChI=1S/C12H13N3O3/c13-12-14-9-2-1-7(11(16)17)5-8(9)10-6-18-4-3-15(10)12/h1-2,5,10H,3-4,6H2,(H2,13,14)(H,16,17)/t10-/m0/s1. The molecular weight excluding hydrogens is 234 g/mol. The Morgan fingerprint density at radius 2 is 2.39 bits per heavy atom. The Morgan fingerprint density at radius 3 is 3.17 bits per heavy atom. The lowest BCUT2D eigenvalue weighted by Gasteiger charge is -2.39. The molecule has 1 aromatic carbocycles. The Hall–Kier alpha value is -2.08. The Bertz CT molecular complexity index is 541. The van der Waals surface area contributed by atoms with Crippen LogP contribution in [0, 0.1) is 0 Å². The van der Waals surface area contributed by atoms with Crippen LogP contribution in [0.15, 0.2) is 23.2 Å². The summed E-state index contributed by atoms with van der Waals surface area (Å²) in [4.78, 5) is 17.3. The topological polar surface area (TPSA) is 88.1 Å². The molecule has 0 saturated carbocycles. The lowest BCUT2D eigenvalue weighted by molar-refractivity contribution is 0.0241. The number of carboxylic acids is 1. The maximum absolute atomic E-state index is 11.0.